The quantitative estimate of drug-likeness (QED) is 0.740. The maximum absolute atomic E-state index is 12.9. The fourth-order valence-corrected chi connectivity index (χ4v) is 2.30. The van der Waals surface area contributed by atoms with E-state index in [0.29, 0.717) is 17.8 Å². The summed E-state index contributed by atoms with van der Waals surface area (Å²) in [5, 5.41) is 10.7. The first-order valence-corrected chi connectivity index (χ1v) is 7.70. The van der Waals surface area contributed by atoms with Crippen LogP contribution in [0.15, 0.2) is 54.7 Å². The van der Waals surface area contributed by atoms with Crippen LogP contribution in [0, 0.1) is 0 Å². The van der Waals surface area contributed by atoms with Crippen molar-refractivity contribution in [2.45, 2.75) is 12.7 Å². The van der Waals surface area contributed by atoms with Crippen molar-refractivity contribution in [1.82, 2.24) is 15.2 Å². The maximum atomic E-state index is 12.9. The topological polar surface area (TPSA) is 59.9 Å². The Morgan fingerprint density at radius 2 is 1.85 bits per heavy atom. The van der Waals surface area contributed by atoms with Crippen LogP contribution in [-0.2, 0) is 12.7 Å². The van der Waals surface area contributed by atoms with Crippen molar-refractivity contribution in [3.05, 3.63) is 65.9 Å². The Labute approximate surface area is 147 Å². The second-order valence-electron chi connectivity index (χ2n) is 5.45. The SMILES string of the molecule is COc1ccc(CNc2nncc(-c3cccc(C(F)(F)F)c3)n2)cc1. The van der Waals surface area contributed by atoms with Gasteiger partial charge in [-0.25, -0.2) is 4.98 Å². The fraction of sp³-hybridized carbons (Fsp3) is 0.167. The van der Waals surface area contributed by atoms with Crippen LogP contribution in [0.25, 0.3) is 11.3 Å². The lowest BCUT2D eigenvalue weighted by atomic mass is 10.1. The third-order valence-corrected chi connectivity index (χ3v) is 3.65. The van der Waals surface area contributed by atoms with Gasteiger partial charge in [0.05, 0.1) is 24.6 Å². The van der Waals surface area contributed by atoms with Crippen LogP contribution in [-0.4, -0.2) is 22.3 Å². The van der Waals surface area contributed by atoms with Crippen LogP contribution in [0.2, 0.25) is 0 Å². The number of rotatable bonds is 5. The van der Waals surface area contributed by atoms with Crippen molar-refractivity contribution in [1.29, 1.82) is 0 Å². The number of ether oxygens (including phenoxy) is 1. The number of halogens is 3. The lowest BCUT2D eigenvalue weighted by Gasteiger charge is -2.09. The molecule has 0 amide bonds. The van der Waals surface area contributed by atoms with Crippen molar-refractivity contribution in [3.63, 3.8) is 0 Å². The van der Waals surface area contributed by atoms with Crippen molar-refractivity contribution in [3.8, 4) is 17.0 Å². The highest BCUT2D eigenvalue weighted by Crippen LogP contribution is 2.31. The van der Waals surface area contributed by atoms with E-state index < -0.39 is 11.7 Å². The van der Waals surface area contributed by atoms with Crippen LogP contribution in [0.1, 0.15) is 11.1 Å². The number of nitrogens with one attached hydrogen (secondary N) is 1. The molecule has 134 valence electrons. The molecule has 26 heavy (non-hydrogen) atoms. The Kier molecular flexibility index (Phi) is 5.01. The first-order valence-electron chi connectivity index (χ1n) is 7.70. The van der Waals surface area contributed by atoms with Crippen molar-refractivity contribution < 1.29 is 17.9 Å². The number of nitrogens with zero attached hydrogens (tertiary/aromatic N) is 3. The average molecular weight is 360 g/mol. The highest BCUT2D eigenvalue weighted by atomic mass is 19.4. The van der Waals surface area contributed by atoms with Gasteiger partial charge in [-0.15, -0.1) is 5.10 Å². The largest absolute Gasteiger partial charge is 0.497 e. The van der Waals surface area contributed by atoms with E-state index in [1.54, 1.807) is 13.2 Å². The van der Waals surface area contributed by atoms with E-state index in [0.717, 1.165) is 23.4 Å². The second kappa shape index (κ2) is 7.38. The molecule has 0 saturated heterocycles. The minimum atomic E-state index is -4.41. The summed E-state index contributed by atoms with van der Waals surface area (Å²) < 4.78 is 43.7. The molecule has 0 atom stereocenters. The predicted octanol–water partition coefficient (Wildman–Crippen LogP) is 4.18. The molecule has 3 aromatic rings. The number of hydrogen-bond donors (Lipinski definition) is 1. The fourth-order valence-electron chi connectivity index (χ4n) is 2.30. The molecule has 1 aromatic heterocycles. The number of anilines is 1. The lowest BCUT2D eigenvalue weighted by Crippen LogP contribution is -2.06. The Hall–Kier alpha value is -3.16. The molecule has 8 heteroatoms. The molecule has 5 nitrogen and oxygen atoms in total. The third-order valence-electron chi connectivity index (χ3n) is 3.65. The van der Waals surface area contributed by atoms with Gasteiger partial charge in [0, 0.05) is 12.1 Å². The highest BCUT2D eigenvalue weighted by Gasteiger charge is 2.30. The average Bonchev–Trinajstić information content (AvgIpc) is 2.66. The maximum Gasteiger partial charge on any atom is 0.416 e. The van der Waals surface area contributed by atoms with Crippen LogP contribution in [0.3, 0.4) is 0 Å². The van der Waals surface area contributed by atoms with Gasteiger partial charge in [-0.2, -0.15) is 18.3 Å². The first-order chi connectivity index (χ1) is 12.5. The molecule has 0 bridgehead atoms. The minimum Gasteiger partial charge on any atom is -0.497 e. The van der Waals surface area contributed by atoms with E-state index in [9.17, 15) is 13.2 Å². The standard InChI is InChI=1S/C18H15F3N4O/c1-26-15-7-5-12(6-8-15)10-22-17-24-16(11-23-25-17)13-3-2-4-14(9-13)18(19,20)21/h2-9,11H,10H2,1H3,(H,22,24,25). The van der Waals surface area contributed by atoms with E-state index in [-0.39, 0.29) is 5.95 Å². The van der Waals surface area contributed by atoms with Crippen LogP contribution in [0.5, 0.6) is 5.75 Å². The van der Waals surface area contributed by atoms with Crippen LogP contribution in [0.4, 0.5) is 19.1 Å². The minimum absolute atomic E-state index is 0.232. The third kappa shape index (κ3) is 4.27. The van der Waals surface area contributed by atoms with Gasteiger partial charge in [-0.3, -0.25) is 0 Å². The van der Waals surface area contributed by atoms with Crippen LogP contribution >= 0.6 is 0 Å². The first kappa shape index (κ1) is 17.7. The van der Waals surface area contributed by atoms with Gasteiger partial charge in [0.2, 0.25) is 5.95 Å². The molecule has 0 unspecified atom stereocenters. The summed E-state index contributed by atoms with van der Waals surface area (Å²) in [6.07, 6.45) is -3.08. The molecular formula is C18H15F3N4O. The molecular weight excluding hydrogens is 345 g/mol. The summed E-state index contributed by atoms with van der Waals surface area (Å²) in [4.78, 5) is 4.24. The second-order valence-corrected chi connectivity index (χ2v) is 5.45. The number of benzene rings is 2. The molecule has 0 aliphatic rings. The van der Waals surface area contributed by atoms with Gasteiger partial charge in [0.1, 0.15) is 5.75 Å². The number of aromatic nitrogens is 3. The summed E-state index contributed by atoms with van der Waals surface area (Å²) in [5.74, 6) is 0.981. The van der Waals surface area contributed by atoms with Gasteiger partial charge < -0.3 is 10.1 Å². The van der Waals surface area contributed by atoms with Gasteiger partial charge in [0.15, 0.2) is 0 Å². The normalized spacial score (nSPS) is 11.2. The summed E-state index contributed by atoms with van der Waals surface area (Å²) in [6.45, 7) is 0.442. The summed E-state index contributed by atoms with van der Waals surface area (Å²) >= 11 is 0. The van der Waals surface area contributed by atoms with Gasteiger partial charge in [-0.1, -0.05) is 24.3 Å². The molecule has 0 fully saturated rings. The van der Waals surface area contributed by atoms with E-state index in [1.807, 2.05) is 24.3 Å². The highest BCUT2D eigenvalue weighted by molar-refractivity contribution is 5.60. The molecule has 0 radical (unpaired) electrons. The zero-order valence-corrected chi connectivity index (χ0v) is 13.8. The summed E-state index contributed by atoms with van der Waals surface area (Å²) in [6, 6.07) is 12.4. The molecule has 1 heterocycles. The molecule has 0 aliphatic heterocycles. The van der Waals surface area contributed by atoms with Gasteiger partial charge in [0.25, 0.3) is 0 Å². The van der Waals surface area contributed by atoms with Crippen molar-refractivity contribution in [2.75, 3.05) is 12.4 Å². The molecule has 2 aromatic carbocycles. The van der Waals surface area contributed by atoms with Crippen molar-refractivity contribution in [2.24, 2.45) is 0 Å². The van der Waals surface area contributed by atoms with Gasteiger partial charge >= 0.3 is 6.18 Å². The monoisotopic (exact) mass is 360 g/mol. The molecule has 0 saturated carbocycles. The number of methoxy groups -OCH3 is 1. The van der Waals surface area contributed by atoms with E-state index >= 15 is 0 Å². The Morgan fingerprint density at radius 3 is 2.54 bits per heavy atom. The van der Waals surface area contributed by atoms with Crippen LogP contribution < -0.4 is 10.1 Å². The van der Waals surface area contributed by atoms with Gasteiger partial charge in [-0.05, 0) is 29.8 Å². The molecule has 1 N–H and O–H groups in total. The Morgan fingerprint density at radius 1 is 1.08 bits per heavy atom. The van der Waals surface area contributed by atoms with E-state index in [4.69, 9.17) is 4.74 Å². The molecule has 0 aliphatic carbocycles. The zero-order valence-electron chi connectivity index (χ0n) is 13.8. The lowest BCUT2D eigenvalue weighted by molar-refractivity contribution is -0.137. The number of hydrogen-bond acceptors (Lipinski definition) is 5. The van der Waals surface area contributed by atoms with E-state index in [1.165, 1.54) is 12.3 Å². The molecule has 3 rings (SSSR count). The zero-order chi connectivity index (χ0) is 18.6. The smallest absolute Gasteiger partial charge is 0.416 e. The van der Waals surface area contributed by atoms with E-state index in [2.05, 4.69) is 20.5 Å². The summed E-state index contributed by atoms with van der Waals surface area (Å²) in [5.41, 5.74) is 0.866. The number of alkyl halides is 3. The van der Waals surface area contributed by atoms with Crippen molar-refractivity contribution >= 4 is 5.95 Å². The Bertz CT molecular complexity index is 882. The summed E-state index contributed by atoms with van der Waals surface area (Å²) in [7, 11) is 1.59. The molecule has 0 spiro atoms. The Balaban J connectivity index is 1.75. The predicted molar refractivity (Wildman–Crippen MR) is 90.6 cm³/mol.